The lowest BCUT2D eigenvalue weighted by Crippen LogP contribution is -2.02. The third-order valence-electron chi connectivity index (χ3n) is 3.39. The normalized spacial score (nSPS) is 12.0. The average Bonchev–Trinajstić information content (AvgIpc) is 2.99. The van der Waals surface area contributed by atoms with Crippen LogP contribution < -0.4 is 5.32 Å². The second-order valence-corrected chi connectivity index (χ2v) is 5.44. The Morgan fingerprint density at radius 1 is 1.25 bits per heavy atom. The maximum absolute atomic E-state index is 4.62. The summed E-state index contributed by atoms with van der Waals surface area (Å²) in [5.74, 6) is 0.538. The number of aromatic amines is 1. The van der Waals surface area contributed by atoms with Gasteiger partial charge in [0.1, 0.15) is 5.65 Å². The molecule has 0 radical (unpaired) electrons. The van der Waals surface area contributed by atoms with E-state index in [9.17, 15) is 0 Å². The molecule has 0 amide bonds. The summed E-state index contributed by atoms with van der Waals surface area (Å²) in [5.41, 5.74) is 4.52. The van der Waals surface area contributed by atoms with E-state index in [1.165, 1.54) is 0 Å². The van der Waals surface area contributed by atoms with Crippen LogP contribution in [-0.4, -0.2) is 19.9 Å². The van der Waals surface area contributed by atoms with Gasteiger partial charge in [-0.05, 0) is 44.2 Å². The molecule has 0 aromatic carbocycles. The topological polar surface area (TPSA) is 66.5 Å². The van der Waals surface area contributed by atoms with Crippen molar-refractivity contribution in [2.45, 2.75) is 13.8 Å². The van der Waals surface area contributed by atoms with Gasteiger partial charge in [-0.25, -0.2) is 15.0 Å². The first-order valence-corrected chi connectivity index (χ1v) is 7.70. The molecule has 24 heavy (non-hydrogen) atoms. The van der Waals surface area contributed by atoms with Crippen molar-refractivity contribution in [3.63, 3.8) is 0 Å². The molecular formula is C19H19N5. The zero-order chi connectivity index (χ0) is 16.9. The molecule has 5 nitrogen and oxygen atoms in total. The molecule has 2 N–H and O–H groups in total. The van der Waals surface area contributed by atoms with Gasteiger partial charge in [-0.15, -0.1) is 0 Å². The standard InChI is InChI=1S/C19H19N5/c1-4-6-14(11-13(2)3)23-19-21-10-8-17(24-19)16-12-22-18-15(16)7-5-9-20-18/h4-12H,2H2,1,3H3,(H,20,22)(H,21,23,24)/b6-4-,14-11+. The first-order chi connectivity index (χ1) is 11.7. The van der Waals surface area contributed by atoms with E-state index >= 15 is 0 Å². The van der Waals surface area contributed by atoms with Crippen molar-refractivity contribution in [2.75, 3.05) is 5.32 Å². The lowest BCUT2D eigenvalue weighted by atomic mass is 10.1. The highest BCUT2D eigenvalue weighted by atomic mass is 15.1. The number of allylic oxidation sites excluding steroid dienone is 4. The fourth-order valence-electron chi connectivity index (χ4n) is 2.44. The Kier molecular flexibility index (Phi) is 4.52. The molecule has 0 saturated heterocycles. The third kappa shape index (κ3) is 3.41. The zero-order valence-electron chi connectivity index (χ0n) is 13.7. The van der Waals surface area contributed by atoms with Crippen molar-refractivity contribution < 1.29 is 0 Å². The molecule has 0 saturated carbocycles. The van der Waals surface area contributed by atoms with Crippen molar-refractivity contribution in [2.24, 2.45) is 0 Å². The van der Waals surface area contributed by atoms with Crippen LogP contribution in [0.2, 0.25) is 0 Å². The number of aromatic nitrogens is 4. The van der Waals surface area contributed by atoms with Gasteiger partial charge >= 0.3 is 0 Å². The van der Waals surface area contributed by atoms with Gasteiger partial charge in [0.25, 0.3) is 0 Å². The van der Waals surface area contributed by atoms with Crippen LogP contribution in [-0.2, 0) is 0 Å². The van der Waals surface area contributed by atoms with Crippen molar-refractivity contribution in [3.8, 4) is 11.3 Å². The second-order valence-electron chi connectivity index (χ2n) is 5.44. The minimum atomic E-state index is 0.538. The van der Waals surface area contributed by atoms with Crippen LogP contribution in [0.3, 0.4) is 0 Å². The first-order valence-electron chi connectivity index (χ1n) is 7.70. The van der Waals surface area contributed by atoms with Gasteiger partial charge in [-0.2, -0.15) is 0 Å². The van der Waals surface area contributed by atoms with Crippen molar-refractivity contribution in [3.05, 3.63) is 72.9 Å². The summed E-state index contributed by atoms with van der Waals surface area (Å²) in [5, 5.41) is 4.26. The molecule has 0 bridgehead atoms. The molecular weight excluding hydrogens is 298 g/mol. The molecule has 0 aliphatic carbocycles. The molecule has 3 heterocycles. The number of pyridine rings is 1. The lowest BCUT2D eigenvalue weighted by Gasteiger charge is -2.07. The molecule has 3 rings (SSSR count). The number of hydrogen-bond acceptors (Lipinski definition) is 4. The van der Waals surface area contributed by atoms with Gasteiger partial charge < -0.3 is 10.3 Å². The number of anilines is 1. The van der Waals surface area contributed by atoms with E-state index in [0.717, 1.165) is 33.6 Å². The van der Waals surface area contributed by atoms with E-state index in [1.54, 1.807) is 12.4 Å². The summed E-state index contributed by atoms with van der Waals surface area (Å²) < 4.78 is 0. The van der Waals surface area contributed by atoms with Crippen molar-refractivity contribution in [1.82, 2.24) is 19.9 Å². The molecule has 3 aromatic heterocycles. The highest BCUT2D eigenvalue weighted by Gasteiger charge is 2.09. The Morgan fingerprint density at radius 2 is 2.12 bits per heavy atom. The monoisotopic (exact) mass is 317 g/mol. The van der Waals surface area contributed by atoms with E-state index in [0.29, 0.717) is 5.95 Å². The number of hydrogen-bond donors (Lipinski definition) is 2. The fraction of sp³-hybridized carbons (Fsp3) is 0.105. The van der Waals surface area contributed by atoms with Crippen LogP contribution in [0.4, 0.5) is 5.95 Å². The molecule has 0 atom stereocenters. The lowest BCUT2D eigenvalue weighted by molar-refractivity contribution is 1.15. The average molecular weight is 317 g/mol. The van der Waals surface area contributed by atoms with E-state index in [-0.39, 0.29) is 0 Å². The number of H-pyrrole nitrogens is 1. The molecule has 0 aliphatic heterocycles. The van der Waals surface area contributed by atoms with Crippen molar-refractivity contribution >= 4 is 17.0 Å². The van der Waals surface area contributed by atoms with Gasteiger partial charge in [0.2, 0.25) is 5.95 Å². The quantitative estimate of drug-likeness (QED) is 0.681. The molecule has 5 heteroatoms. The minimum absolute atomic E-state index is 0.538. The SMILES string of the molecule is C=C(C)/C=C(\C=C/C)Nc1nccc(-c2c[nH]c3ncccc23)n1. The number of fused-ring (bicyclic) bond motifs is 1. The van der Waals surface area contributed by atoms with Gasteiger partial charge in [-0.1, -0.05) is 18.2 Å². The molecule has 0 spiro atoms. The van der Waals surface area contributed by atoms with Crippen LogP contribution in [0.5, 0.6) is 0 Å². The van der Waals surface area contributed by atoms with Crippen LogP contribution in [0.1, 0.15) is 13.8 Å². The fourth-order valence-corrected chi connectivity index (χ4v) is 2.44. The third-order valence-corrected chi connectivity index (χ3v) is 3.39. The van der Waals surface area contributed by atoms with Crippen molar-refractivity contribution in [1.29, 1.82) is 0 Å². The van der Waals surface area contributed by atoms with E-state index in [1.807, 2.05) is 56.5 Å². The molecule has 0 aliphatic rings. The number of rotatable bonds is 5. The predicted octanol–water partition coefficient (Wildman–Crippen LogP) is 4.47. The maximum Gasteiger partial charge on any atom is 0.227 e. The van der Waals surface area contributed by atoms with Gasteiger partial charge in [-0.3, -0.25) is 0 Å². The zero-order valence-corrected chi connectivity index (χ0v) is 13.7. The van der Waals surface area contributed by atoms with Crippen LogP contribution >= 0.6 is 0 Å². The Bertz CT molecular complexity index is 934. The minimum Gasteiger partial charge on any atom is -0.345 e. The molecule has 3 aromatic rings. The van der Waals surface area contributed by atoms with E-state index in [4.69, 9.17) is 0 Å². The highest BCUT2D eigenvalue weighted by molar-refractivity contribution is 5.92. The Labute approximate surface area is 140 Å². The summed E-state index contributed by atoms with van der Waals surface area (Å²) in [4.78, 5) is 16.4. The Morgan fingerprint density at radius 3 is 2.92 bits per heavy atom. The first kappa shape index (κ1) is 15.7. The predicted molar refractivity (Wildman–Crippen MR) is 98.5 cm³/mol. The number of nitrogens with one attached hydrogen (secondary N) is 2. The Balaban J connectivity index is 1.96. The van der Waals surface area contributed by atoms with Crippen LogP contribution in [0, 0.1) is 0 Å². The largest absolute Gasteiger partial charge is 0.345 e. The molecule has 0 fully saturated rings. The summed E-state index contributed by atoms with van der Waals surface area (Å²) >= 11 is 0. The van der Waals surface area contributed by atoms with Crippen LogP contribution in [0.15, 0.2) is 72.9 Å². The smallest absolute Gasteiger partial charge is 0.227 e. The summed E-state index contributed by atoms with van der Waals surface area (Å²) in [6.07, 6.45) is 11.3. The second kappa shape index (κ2) is 6.91. The van der Waals surface area contributed by atoms with E-state index in [2.05, 4.69) is 31.8 Å². The van der Waals surface area contributed by atoms with Gasteiger partial charge in [0, 0.05) is 35.2 Å². The Hall–Kier alpha value is -3.21. The van der Waals surface area contributed by atoms with Crippen LogP contribution in [0.25, 0.3) is 22.3 Å². The van der Waals surface area contributed by atoms with Gasteiger partial charge in [0.15, 0.2) is 0 Å². The highest BCUT2D eigenvalue weighted by Crippen LogP contribution is 2.26. The summed E-state index contributed by atoms with van der Waals surface area (Å²) in [7, 11) is 0. The molecule has 0 unspecified atom stereocenters. The number of nitrogens with zero attached hydrogens (tertiary/aromatic N) is 3. The van der Waals surface area contributed by atoms with Gasteiger partial charge in [0.05, 0.1) is 5.69 Å². The maximum atomic E-state index is 4.62. The van der Waals surface area contributed by atoms with E-state index < -0.39 is 0 Å². The summed E-state index contributed by atoms with van der Waals surface area (Å²) in [6, 6.07) is 5.83. The summed E-state index contributed by atoms with van der Waals surface area (Å²) in [6.45, 7) is 7.82. The molecule has 120 valence electrons.